The van der Waals surface area contributed by atoms with E-state index in [0.29, 0.717) is 5.82 Å². The molecule has 9 aromatic rings. The highest BCUT2D eigenvalue weighted by Gasteiger charge is 2.18. The van der Waals surface area contributed by atoms with Crippen molar-refractivity contribution in [3.8, 4) is 33.9 Å². The van der Waals surface area contributed by atoms with Gasteiger partial charge in [-0.3, -0.25) is 9.97 Å². The van der Waals surface area contributed by atoms with E-state index in [1.165, 1.54) is 68.3 Å². The van der Waals surface area contributed by atoms with Gasteiger partial charge >= 0.3 is 0 Å². The second kappa shape index (κ2) is 12.6. The first kappa shape index (κ1) is 29.8. The van der Waals surface area contributed by atoms with Crippen molar-refractivity contribution in [2.24, 2.45) is 0 Å². The molecule has 1 aliphatic carbocycles. The van der Waals surface area contributed by atoms with E-state index >= 15 is 0 Å². The number of aromatic nitrogens is 6. The molecule has 0 bridgehead atoms. The normalized spacial score (nSPS) is 12.6. The maximum absolute atomic E-state index is 5.03. The fraction of sp³-hybridized carbons (Fsp3) is 0.114. The molecule has 1 N–H and O–H groups in total. The summed E-state index contributed by atoms with van der Waals surface area (Å²) in [7, 11) is 0. The first-order valence-electron chi connectivity index (χ1n) is 17.2. The Morgan fingerprint density at radius 3 is 2.30 bits per heavy atom. The Balaban J connectivity index is 0.000000289. The molecule has 4 aromatic carbocycles. The molecule has 50 heavy (non-hydrogen) atoms. The Labute approximate surface area is 290 Å². The van der Waals surface area contributed by atoms with Crippen LogP contribution in [0.1, 0.15) is 29.7 Å². The highest BCUT2D eigenvalue weighted by molar-refractivity contribution is 6.15. The van der Waals surface area contributed by atoms with Crippen molar-refractivity contribution in [3.05, 3.63) is 151 Å². The van der Waals surface area contributed by atoms with Gasteiger partial charge in [0.05, 0.1) is 5.69 Å². The Morgan fingerprint density at radius 2 is 1.40 bits per heavy atom. The van der Waals surface area contributed by atoms with Crippen LogP contribution < -0.4 is 0 Å². The van der Waals surface area contributed by atoms with Gasteiger partial charge in [-0.25, -0.2) is 15.0 Å². The molecule has 0 radical (unpaired) electrons. The molecular formula is C44H34N6. The van der Waals surface area contributed by atoms with Crippen LogP contribution in [0.3, 0.4) is 0 Å². The first-order chi connectivity index (χ1) is 24.7. The van der Waals surface area contributed by atoms with E-state index in [-0.39, 0.29) is 0 Å². The van der Waals surface area contributed by atoms with E-state index in [0.717, 1.165) is 45.7 Å². The summed E-state index contributed by atoms with van der Waals surface area (Å²) in [6.45, 7) is 1.98. The zero-order valence-corrected chi connectivity index (χ0v) is 27.8. The topological polar surface area (TPSA) is 80.2 Å². The van der Waals surface area contributed by atoms with Crippen molar-refractivity contribution in [1.82, 2.24) is 29.9 Å². The first-order valence-corrected chi connectivity index (χ1v) is 17.2. The molecule has 0 unspecified atom stereocenters. The van der Waals surface area contributed by atoms with Crippen LogP contribution >= 0.6 is 0 Å². The summed E-state index contributed by atoms with van der Waals surface area (Å²) in [6.07, 6.45) is 14.3. The quantitative estimate of drug-likeness (QED) is 0.193. The summed E-state index contributed by atoms with van der Waals surface area (Å²) in [5.74, 6) is 0.599. The van der Waals surface area contributed by atoms with Crippen LogP contribution in [-0.4, -0.2) is 29.9 Å². The highest BCUT2D eigenvalue weighted by Crippen LogP contribution is 2.40. The predicted octanol–water partition coefficient (Wildman–Crippen LogP) is 10.5. The number of nitrogens with one attached hydrogen (secondary N) is 1. The number of hydrogen-bond donors (Lipinski definition) is 1. The second-order valence-electron chi connectivity index (χ2n) is 13.0. The van der Waals surface area contributed by atoms with Gasteiger partial charge in [0.2, 0.25) is 0 Å². The third kappa shape index (κ3) is 5.45. The Kier molecular flexibility index (Phi) is 7.54. The zero-order valence-electron chi connectivity index (χ0n) is 27.8. The Bertz CT molecular complexity index is 2630. The summed E-state index contributed by atoms with van der Waals surface area (Å²) in [5.41, 5.74) is 9.59. The van der Waals surface area contributed by atoms with E-state index in [1.807, 2.05) is 80.4 Å². The van der Waals surface area contributed by atoms with Crippen LogP contribution in [0, 0.1) is 6.92 Å². The van der Waals surface area contributed by atoms with Crippen LogP contribution in [0.15, 0.2) is 134 Å². The number of nitrogens with zero attached hydrogens (tertiary/aromatic N) is 5. The number of aromatic amines is 1. The van der Waals surface area contributed by atoms with Crippen molar-refractivity contribution >= 4 is 43.4 Å². The van der Waals surface area contributed by atoms with Crippen LogP contribution in [0.2, 0.25) is 0 Å². The SMILES string of the molecule is Cc1cccc(-c2nc(-c3cncc(-c4cc5c6c(ccc5c5ccccc45)CCCC6)c3)c3cc[nH]c3n2)n1.c1ccc2cnccc2c1. The van der Waals surface area contributed by atoms with Gasteiger partial charge in [-0.1, -0.05) is 66.7 Å². The molecule has 0 fully saturated rings. The van der Waals surface area contributed by atoms with E-state index in [1.54, 1.807) is 0 Å². The van der Waals surface area contributed by atoms with Crippen molar-refractivity contribution in [2.45, 2.75) is 32.6 Å². The van der Waals surface area contributed by atoms with Crippen molar-refractivity contribution in [3.63, 3.8) is 0 Å². The number of H-pyrrole nitrogens is 1. The highest BCUT2D eigenvalue weighted by atomic mass is 15.0. The standard InChI is InChI=1S/C35H27N5.C9H7N/c1-21-7-6-12-32(38-21)35-39-33(29-15-16-37-34(29)40-35)24-17-23(19-36-20-24)30-18-31-25-9-3-2-8-22(25)13-14-28(31)26-10-4-5-11-27(26)30;1-2-4-9-7-10-6-5-8(9)3-1/h4-7,10-20H,2-3,8-9H2,1H3,(H,37,39,40);1-7H. The molecule has 5 heterocycles. The third-order valence-corrected chi connectivity index (χ3v) is 9.78. The second-order valence-corrected chi connectivity index (χ2v) is 13.0. The van der Waals surface area contributed by atoms with Crippen LogP contribution in [-0.2, 0) is 12.8 Å². The Morgan fingerprint density at radius 1 is 0.580 bits per heavy atom. The lowest BCUT2D eigenvalue weighted by Gasteiger charge is -2.20. The molecule has 240 valence electrons. The van der Waals surface area contributed by atoms with E-state index < -0.39 is 0 Å². The lowest BCUT2D eigenvalue weighted by molar-refractivity contribution is 0.690. The largest absolute Gasteiger partial charge is 0.346 e. The van der Waals surface area contributed by atoms with E-state index in [2.05, 4.69) is 75.6 Å². The number of hydrogen-bond acceptors (Lipinski definition) is 5. The smallest absolute Gasteiger partial charge is 0.180 e. The number of pyridine rings is 3. The lowest BCUT2D eigenvalue weighted by Crippen LogP contribution is -2.03. The minimum absolute atomic E-state index is 0.599. The van der Waals surface area contributed by atoms with E-state index in [9.17, 15) is 0 Å². The molecular weight excluding hydrogens is 613 g/mol. The Hall–Kier alpha value is -6.27. The average Bonchev–Trinajstić information content (AvgIpc) is 3.66. The van der Waals surface area contributed by atoms with Gasteiger partial charge < -0.3 is 4.98 Å². The van der Waals surface area contributed by atoms with Gasteiger partial charge in [-0.15, -0.1) is 0 Å². The molecule has 0 aliphatic heterocycles. The molecule has 5 aromatic heterocycles. The van der Waals surface area contributed by atoms with Gasteiger partial charge in [0.1, 0.15) is 11.3 Å². The lowest BCUT2D eigenvalue weighted by atomic mass is 9.84. The molecule has 6 heteroatoms. The fourth-order valence-electron chi connectivity index (χ4n) is 7.36. The van der Waals surface area contributed by atoms with E-state index in [4.69, 9.17) is 15.0 Å². The summed E-state index contributed by atoms with van der Waals surface area (Å²) < 4.78 is 0. The monoisotopic (exact) mass is 646 g/mol. The van der Waals surface area contributed by atoms with Gasteiger partial charge in [0.15, 0.2) is 5.82 Å². The number of rotatable bonds is 3. The average molecular weight is 647 g/mol. The minimum Gasteiger partial charge on any atom is -0.346 e. The molecule has 0 saturated carbocycles. The van der Waals surface area contributed by atoms with Crippen LogP contribution in [0.5, 0.6) is 0 Å². The van der Waals surface area contributed by atoms with Crippen molar-refractivity contribution in [1.29, 1.82) is 0 Å². The molecule has 6 nitrogen and oxygen atoms in total. The van der Waals surface area contributed by atoms with Crippen molar-refractivity contribution < 1.29 is 0 Å². The summed E-state index contributed by atoms with van der Waals surface area (Å²) in [5, 5.41) is 8.65. The van der Waals surface area contributed by atoms with Gasteiger partial charge in [0, 0.05) is 53.2 Å². The van der Waals surface area contributed by atoms with Gasteiger partial charge in [0.25, 0.3) is 0 Å². The van der Waals surface area contributed by atoms with Gasteiger partial charge in [-0.2, -0.15) is 0 Å². The maximum Gasteiger partial charge on any atom is 0.180 e. The van der Waals surface area contributed by atoms with Crippen molar-refractivity contribution in [2.75, 3.05) is 0 Å². The van der Waals surface area contributed by atoms with Crippen LogP contribution in [0.4, 0.5) is 0 Å². The maximum atomic E-state index is 5.03. The molecule has 10 rings (SSSR count). The molecule has 0 saturated heterocycles. The molecule has 0 atom stereocenters. The molecule has 0 spiro atoms. The molecule has 0 amide bonds. The zero-order chi connectivity index (χ0) is 33.4. The predicted molar refractivity (Wildman–Crippen MR) is 204 cm³/mol. The minimum atomic E-state index is 0.599. The number of benzene rings is 4. The number of fused-ring (bicyclic) bond motifs is 7. The summed E-state index contributed by atoms with van der Waals surface area (Å²) in [6, 6.07) is 36.2. The summed E-state index contributed by atoms with van der Waals surface area (Å²) >= 11 is 0. The third-order valence-electron chi connectivity index (χ3n) is 9.78. The van der Waals surface area contributed by atoms with Crippen LogP contribution in [0.25, 0.3) is 77.3 Å². The number of aryl methyl sites for hydroxylation is 3. The summed E-state index contributed by atoms with van der Waals surface area (Å²) in [4.78, 5) is 26.5. The fourth-order valence-corrected chi connectivity index (χ4v) is 7.36. The van der Waals surface area contributed by atoms with Gasteiger partial charge in [-0.05, 0) is 118 Å². The molecule has 1 aliphatic rings.